The number of benzene rings is 1. The van der Waals surface area contributed by atoms with E-state index in [0.29, 0.717) is 13.0 Å². The first-order valence-corrected chi connectivity index (χ1v) is 12.4. The Bertz CT molecular complexity index is 876. The van der Waals surface area contributed by atoms with Gasteiger partial charge in [0.1, 0.15) is 17.6 Å². The van der Waals surface area contributed by atoms with E-state index in [9.17, 15) is 18.0 Å². The van der Waals surface area contributed by atoms with Crippen molar-refractivity contribution in [1.82, 2.24) is 0 Å². The standard InChI is InChI=1S/C22H31ClO7S/c1-5-6-11-28-19(24)21(3,14-22(4,23)20(25)30-13-17-12-29-17)15-31(26,27)18-9-7-16(2)8-10-18/h7-10,17H,5-6,11-15H2,1-4H3. The molecule has 1 aromatic rings. The molecule has 0 spiro atoms. The van der Waals surface area contributed by atoms with Gasteiger partial charge in [-0.2, -0.15) is 0 Å². The van der Waals surface area contributed by atoms with Crippen molar-refractivity contribution in [3.8, 4) is 0 Å². The van der Waals surface area contributed by atoms with Gasteiger partial charge in [-0.25, -0.2) is 8.42 Å². The van der Waals surface area contributed by atoms with Gasteiger partial charge in [0.15, 0.2) is 9.84 Å². The minimum atomic E-state index is -3.86. The van der Waals surface area contributed by atoms with Gasteiger partial charge in [-0.1, -0.05) is 31.0 Å². The van der Waals surface area contributed by atoms with Crippen molar-refractivity contribution >= 4 is 33.4 Å². The van der Waals surface area contributed by atoms with Crippen LogP contribution in [0.15, 0.2) is 29.2 Å². The lowest BCUT2D eigenvalue weighted by molar-refractivity contribution is -0.156. The molecule has 0 N–H and O–H groups in total. The number of epoxide rings is 1. The zero-order valence-corrected chi connectivity index (χ0v) is 20.1. The topological polar surface area (TPSA) is 99.3 Å². The molecule has 1 aliphatic rings. The van der Waals surface area contributed by atoms with Gasteiger partial charge in [-0.15, -0.1) is 11.6 Å². The van der Waals surface area contributed by atoms with E-state index in [1.807, 2.05) is 13.8 Å². The Kier molecular flexibility index (Phi) is 8.53. The molecule has 3 unspecified atom stereocenters. The number of hydrogen-bond acceptors (Lipinski definition) is 7. The summed E-state index contributed by atoms with van der Waals surface area (Å²) >= 11 is 6.46. The third kappa shape index (κ3) is 7.47. The van der Waals surface area contributed by atoms with Gasteiger partial charge in [-0.05, 0) is 45.7 Å². The van der Waals surface area contributed by atoms with Crippen LogP contribution < -0.4 is 0 Å². The molecule has 1 saturated heterocycles. The molecule has 9 heteroatoms. The average Bonchev–Trinajstić information content (AvgIpc) is 3.50. The number of rotatable bonds is 12. The van der Waals surface area contributed by atoms with Gasteiger partial charge in [0.05, 0.1) is 29.3 Å². The smallest absolute Gasteiger partial charge is 0.327 e. The number of alkyl halides is 1. The van der Waals surface area contributed by atoms with Gasteiger partial charge >= 0.3 is 11.9 Å². The number of aryl methyl sites for hydroxylation is 1. The van der Waals surface area contributed by atoms with Crippen molar-refractivity contribution in [3.05, 3.63) is 29.8 Å². The lowest BCUT2D eigenvalue weighted by Gasteiger charge is -2.32. The number of ether oxygens (including phenoxy) is 3. The van der Waals surface area contributed by atoms with Crippen LogP contribution in [0, 0.1) is 12.3 Å². The van der Waals surface area contributed by atoms with E-state index in [4.69, 9.17) is 25.8 Å². The fourth-order valence-corrected chi connectivity index (χ4v) is 5.33. The Morgan fingerprint density at radius 2 is 1.77 bits per heavy atom. The molecule has 0 bridgehead atoms. The third-order valence-electron chi connectivity index (χ3n) is 5.06. The number of carbonyl (C=O) groups is 2. The van der Waals surface area contributed by atoms with Crippen LogP contribution in [-0.4, -0.2) is 56.9 Å². The van der Waals surface area contributed by atoms with Crippen LogP contribution in [0.2, 0.25) is 0 Å². The molecule has 0 radical (unpaired) electrons. The molecule has 0 saturated carbocycles. The van der Waals surface area contributed by atoms with Crippen LogP contribution in [0.3, 0.4) is 0 Å². The molecular formula is C22H31ClO7S. The molecule has 0 amide bonds. The van der Waals surface area contributed by atoms with Crippen molar-refractivity contribution < 1.29 is 32.2 Å². The second-order valence-corrected chi connectivity index (χ2v) is 11.4. The summed E-state index contributed by atoms with van der Waals surface area (Å²) in [5.74, 6) is -1.98. The maximum Gasteiger partial charge on any atom is 0.327 e. The number of halogens is 1. The van der Waals surface area contributed by atoms with Crippen LogP contribution in [0.4, 0.5) is 0 Å². The molecular weight excluding hydrogens is 444 g/mol. The Morgan fingerprint density at radius 1 is 1.16 bits per heavy atom. The lowest BCUT2D eigenvalue weighted by Crippen LogP contribution is -2.45. The highest BCUT2D eigenvalue weighted by Gasteiger charge is 2.48. The lowest BCUT2D eigenvalue weighted by atomic mass is 9.82. The van der Waals surface area contributed by atoms with Crippen molar-refractivity contribution in [2.75, 3.05) is 25.6 Å². The Labute approximate surface area is 189 Å². The van der Waals surface area contributed by atoms with Crippen LogP contribution >= 0.6 is 11.6 Å². The molecule has 31 heavy (non-hydrogen) atoms. The SMILES string of the molecule is CCCCOC(=O)C(C)(CC(C)(Cl)C(=O)OCC1CO1)CS(=O)(=O)c1ccc(C)cc1. The zero-order valence-electron chi connectivity index (χ0n) is 18.5. The fraction of sp³-hybridized carbons (Fsp3) is 0.636. The van der Waals surface area contributed by atoms with Crippen molar-refractivity contribution in [2.24, 2.45) is 5.41 Å². The summed E-state index contributed by atoms with van der Waals surface area (Å²) < 4.78 is 41.7. The fourth-order valence-electron chi connectivity index (χ4n) is 3.20. The minimum absolute atomic E-state index is 0.0699. The number of unbranched alkanes of at least 4 members (excludes halogenated alkanes) is 1. The zero-order chi connectivity index (χ0) is 23.3. The molecule has 1 aromatic carbocycles. The van der Waals surface area contributed by atoms with Gasteiger partial charge in [-0.3, -0.25) is 9.59 Å². The summed E-state index contributed by atoms with van der Waals surface area (Å²) in [6, 6.07) is 6.37. The first-order valence-electron chi connectivity index (χ1n) is 10.3. The number of carbonyl (C=O) groups excluding carboxylic acids is 2. The van der Waals surface area contributed by atoms with E-state index < -0.39 is 37.8 Å². The summed E-state index contributed by atoms with van der Waals surface area (Å²) in [7, 11) is -3.86. The monoisotopic (exact) mass is 474 g/mol. The normalized spacial score (nSPS) is 19.7. The Morgan fingerprint density at radius 3 is 2.32 bits per heavy atom. The number of sulfone groups is 1. The molecule has 1 aliphatic heterocycles. The Balaban J connectivity index is 2.25. The quantitative estimate of drug-likeness (QED) is 0.198. The van der Waals surface area contributed by atoms with E-state index in [1.54, 1.807) is 12.1 Å². The van der Waals surface area contributed by atoms with Gasteiger partial charge in [0.2, 0.25) is 0 Å². The molecule has 1 fully saturated rings. The Hall–Kier alpha value is -1.64. The molecule has 1 heterocycles. The summed E-state index contributed by atoms with van der Waals surface area (Å²) in [4.78, 5) is 24.0. The first-order chi connectivity index (χ1) is 14.4. The van der Waals surface area contributed by atoms with E-state index in [0.717, 1.165) is 12.0 Å². The van der Waals surface area contributed by atoms with Crippen molar-refractivity contribution in [3.63, 3.8) is 0 Å². The predicted molar refractivity (Wildman–Crippen MR) is 117 cm³/mol. The minimum Gasteiger partial charge on any atom is -0.465 e. The maximum absolute atomic E-state index is 13.1. The van der Waals surface area contributed by atoms with E-state index in [-0.39, 0.29) is 30.6 Å². The van der Waals surface area contributed by atoms with Crippen LogP contribution in [0.1, 0.15) is 45.6 Å². The molecule has 0 aliphatic carbocycles. The summed E-state index contributed by atoms with van der Waals surface area (Å²) in [6.45, 7) is 7.43. The number of esters is 2. The molecule has 7 nitrogen and oxygen atoms in total. The summed E-state index contributed by atoms with van der Waals surface area (Å²) in [5, 5.41) is 0. The molecule has 174 valence electrons. The van der Waals surface area contributed by atoms with E-state index >= 15 is 0 Å². The predicted octanol–water partition coefficient (Wildman–Crippen LogP) is 3.45. The van der Waals surface area contributed by atoms with Crippen LogP contribution in [-0.2, 0) is 33.6 Å². The second kappa shape index (κ2) is 10.3. The van der Waals surface area contributed by atoms with E-state index in [1.165, 1.54) is 26.0 Å². The van der Waals surface area contributed by atoms with Crippen molar-refractivity contribution in [2.45, 2.75) is 62.8 Å². The largest absolute Gasteiger partial charge is 0.465 e. The highest BCUT2D eigenvalue weighted by atomic mass is 35.5. The third-order valence-corrected chi connectivity index (χ3v) is 7.36. The summed E-state index contributed by atoms with van der Waals surface area (Å²) in [5.41, 5.74) is -0.639. The molecule has 0 aromatic heterocycles. The molecule has 2 rings (SSSR count). The van der Waals surface area contributed by atoms with E-state index in [2.05, 4.69) is 0 Å². The summed E-state index contributed by atoms with van der Waals surface area (Å²) in [6.07, 6.45) is 1.06. The van der Waals surface area contributed by atoms with Crippen LogP contribution in [0.25, 0.3) is 0 Å². The maximum atomic E-state index is 13.1. The average molecular weight is 475 g/mol. The number of hydrogen-bond donors (Lipinski definition) is 0. The van der Waals surface area contributed by atoms with Crippen molar-refractivity contribution in [1.29, 1.82) is 0 Å². The van der Waals surface area contributed by atoms with Gasteiger partial charge in [0, 0.05) is 0 Å². The van der Waals surface area contributed by atoms with Gasteiger partial charge < -0.3 is 14.2 Å². The first kappa shape index (κ1) is 25.6. The second-order valence-electron chi connectivity index (χ2n) is 8.55. The van der Waals surface area contributed by atoms with Crippen LogP contribution in [0.5, 0.6) is 0 Å². The van der Waals surface area contributed by atoms with Gasteiger partial charge in [0.25, 0.3) is 0 Å². The highest BCUT2D eigenvalue weighted by Crippen LogP contribution is 2.37. The molecule has 3 atom stereocenters. The highest BCUT2D eigenvalue weighted by molar-refractivity contribution is 7.91.